The van der Waals surface area contributed by atoms with Gasteiger partial charge in [0.05, 0.1) is 5.75 Å². The van der Waals surface area contributed by atoms with Gasteiger partial charge in [0.15, 0.2) is 19.8 Å². The van der Waals surface area contributed by atoms with Crippen LogP contribution in [-0.2, 0) is 28.8 Å². The van der Waals surface area contributed by atoms with E-state index in [1.54, 1.807) is 36.0 Å². The van der Waals surface area contributed by atoms with Gasteiger partial charge < -0.3 is 29.5 Å². The van der Waals surface area contributed by atoms with Crippen molar-refractivity contribution in [2.45, 2.75) is 97.8 Å². The fourth-order valence-corrected chi connectivity index (χ4v) is 5.57. The summed E-state index contributed by atoms with van der Waals surface area (Å²) in [6, 6.07) is 18.0. The highest BCUT2D eigenvalue weighted by Gasteiger charge is 2.08. The van der Waals surface area contributed by atoms with Crippen molar-refractivity contribution in [2.75, 3.05) is 31.3 Å². The molecule has 0 aliphatic heterocycles. The average molecular weight is 929 g/mol. The van der Waals surface area contributed by atoms with E-state index >= 15 is 0 Å². The third-order valence-electron chi connectivity index (χ3n) is 8.06. The minimum atomic E-state index is -0.469. The maximum Gasteiger partial charge on any atom is 0.276 e. The number of carbonyl (C=O) groups is 6. The first-order valence-corrected chi connectivity index (χ1v) is 22.5. The predicted molar refractivity (Wildman–Crippen MR) is 251 cm³/mol. The number of rotatable bonds is 24. The molecule has 0 fully saturated rings. The summed E-state index contributed by atoms with van der Waals surface area (Å²) in [6.45, 7) is 11.0. The van der Waals surface area contributed by atoms with Crippen molar-refractivity contribution < 1.29 is 58.3 Å². The molecule has 0 aliphatic carbocycles. The Kier molecular flexibility index (Phi) is 35.0. The molecule has 0 aliphatic rings. The van der Waals surface area contributed by atoms with Crippen molar-refractivity contribution in [3.8, 4) is 34.5 Å². The van der Waals surface area contributed by atoms with Gasteiger partial charge in [0.2, 0.25) is 17.7 Å². The normalized spacial score (nSPS) is 9.71. The summed E-state index contributed by atoms with van der Waals surface area (Å²) < 4.78 is 15.5. The molecule has 9 N–H and O–H groups in total. The number of unbranched alkanes of at least 4 members (excludes halogenated alkanes) is 9. The summed E-state index contributed by atoms with van der Waals surface area (Å²) in [7, 11) is 0. The number of hydrazine groups is 3. The molecule has 0 bridgehead atoms. The number of aromatic hydroxyl groups is 3. The lowest BCUT2D eigenvalue weighted by atomic mass is 10.1. The van der Waals surface area contributed by atoms with Crippen LogP contribution in [0.5, 0.6) is 34.5 Å². The Bertz CT molecular complexity index is 1770. The van der Waals surface area contributed by atoms with Crippen molar-refractivity contribution in [1.29, 1.82) is 0 Å². The minimum absolute atomic E-state index is 0.120. The fourth-order valence-electron chi connectivity index (χ4n) is 4.76. The Morgan fingerprint density at radius 3 is 1.17 bits per heavy atom. The first-order chi connectivity index (χ1) is 31.3. The van der Waals surface area contributed by atoms with Crippen LogP contribution in [-0.4, -0.2) is 82.1 Å². The van der Waals surface area contributed by atoms with E-state index < -0.39 is 17.7 Å². The number of hydrogen-bond donors (Lipinski definition) is 9. The Balaban J connectivity index is 0.000000944. The summed E-state index contributed by atoms with van der Waals surface area (Å²) in [5, 5.41) is 27.3. The lowest BCUT2D eigenvalue weighted by Crippen LogP contribution is -2.44. The number of phenolic OH excluding ortho intramolecular Hbond substituents is 3. The number of nitrogens with one attached hydrogen (secondary N) is 6. The molecule has 3 rings (SSSR count). The van der Waals surface area contributed by atoms with Crippen LogP contribution in [0.15, 0.2) is 86.0 Å². The molecule has 3 aromatic carbocycles. The topological polar surface area (TPSA) is 263 Å². The second-order valence-electron chi connectivity index (χ2n) is 13.8. The fraction of sp³-hybridized carbons (Fsp3) is 0.435. The number of phenols is 3. The van der Waals surface area contributed by atoms with Gasteiger partial charge >= 0.3 is 0 Å². The molecule has 0 unspecified atom stereocenters. The third-order valence-corrected chi connectivity index (χ3v) is 9.11. The Labute approximate surface area is 386 Å². The van der Waals surface area contributed by atoms with Crippen molar-refractivity contribution in [1.82, 2.24) is 32.6 Å². The molecule has 0 heterocycles. The zero-order chi connectivity index (χ0) is 48.5. The average Bonchev–Trinajstić information content (AvgIpc) is 3.30. The van der Waals surface area contributed by atoms with Gasteiger partial charge in [-0.2, -0.15) is 11.8 Å². The molecule has 3 aromatic rings. The Morgan fingerprint density at radius 1 is 0.462 bits per heavy atom. The maximum atomic E-state index is 11.6. The van der Waals surface area contributed by atoms with E-state index in [2.05, 4.69) is 59.6 Å². The van der Waals surface area contributed by atoms with Crippen LogP contribution in [0.1, 0.15) is 97.8 Å². The lowest BCUT2D eigenvalue weighted by Gasteiger charge is -2.09. The zero-order valence-corrected chi connectivity index (χ0v) is 38.6. The molecular formula is C46H68N6O12S. The summed E-state index contributed by atoms with van der Waals surface area (Å²) in [4.78, 5) is 67.8. The number of carbonyl (C=O) groups excluding carboxylic acids is 6. The van der Waals surface area contributed by atoms with Crippen LogP contribution in [0.25, 0.3) is 0 Å². The van der Waals surface area contributed by atoms with Crippen molar-refractivity contribution >= 4 is 47.2 Å². The Morgan fingerprint density at radius 2 is 0.785 bits per heavy atom. The number of hydrogen-bond acceptors (Lipinski definition) is 13. The highest BCUT2D eigenvalue weighted by molar-refractivity contribution is 7.99. The van der Waals surface area contributed by atoms with E-state index in [9.17, 15) is 28.8 Å². The van der Waals surface area contributed by atoms with E-state index in [1.165, 1.54) is 100 Å². The van der Waals surface area contributed by atoms with Crippen LogP contribution < -0.4 is 46.8 Å². The van der Waals surface area contributed by atoms with Gasteiger partial charge in [0, 0.05) is 13.3 Å². The van der Waals surface area contributed by atoms with E-state index in [0.29, 0.717) is 29.4 Å². The van der Waals surface area contributed by atoms with Crippen molar-refractivity contribution in [3.05, 3.63) is 86.0 Å². The maximum absolute atomic E-state index is 11.6. The van der Waals surface area contributed by atoms with Crippen LogP contribution in [0.2, 0.25) is 0 Å². The molecule has 360 valence electrons. The molecular weight excluding hydrogens is 861 g/mol. The van der Waals surface area contributed by atoms with Crippen molar-refractivity contribution in [2.24, 2.45) is 0 Å². The third kappa shape index (κ3) is 35.5. The minimum Gasteiger partial charge on any atom is -0.508 e. The number of thioether (sulfide) groups is 1. The second-order valence-corrected chi connectivity index (χ2v) is 14.9. The summed E-state index contributed by atoms with van der Waals surface area (Å²) in [5.74, 6) is 0.902. The molecule has 0 saturated carbocycles. The molecule has 0 atom stereocenters. The molecule has 65 heavy (non-hydrogen) atoms. The molecule has 0 saturated heterocycles. The molecule has 6 amide bonds. The number of amides is 6. The van der Waals surface area contributed by atoms with Gasteiger partial charge in [0.25, 0.3) is 17.7 Å². The lowest BCUT2D eigenvalue weighted by molar-refractivity contribution is -0.130. The standard InChI is InChI=1S/C18H28N2O4.C16H24N2O4S.C10H12N2O4.C2H4/c1-2-3-4-5-6-7-8-9-17(22)19-20-18(23)14-24-16-12-10-15(21)11-13-16;1-2-3-4-5-10-23-12-16(21)18-17-15(20)11-22-14-8-6-13(19)7-9-14;1-7(13)11-12-10(15)6-16-9-4-2-8(14)3-5-9;1-2/h10-13,21H,2-9,14H2,1H3,(H,19,22)(H,20,23);6-9,19H,2-5,10-12H2,1H3,(H,17,20)(H,18,21);2-5,14H,6H2,1H3,(H,11,13)(H,12,15);1-2H2. The van der Waals surface area contributed by atoms with Gasteiger partial charge in [-0.15, -0.1) is 13.2 Å². The van der Waals surface area contributed by atoms with Gasteiger partial charge in [-0.3, -0.25) is 61.3 Å². The van der Waals surface area contributed by atoms with E-state index in [4.69, 9.17) is 29.5 Å². The van der Waals surface area contributed by atoms with Gasteiger partial charge in [-0.05, 0) is 91.4 Å². The molecule has 0 aromatic heterocycles. The van der Waals surface area contributed by atoms with E-state index in [1.807, 2.05) is 0 Å². The highest BCUT2D eigenvalue weighted by Crippen LogP contribution is 2.17. The SMILES string of the molecule is C=C.CC(=O)NNC(=O)COc1ccc(O)cc1.CCCCCCCCCC(=O)NNC(=O)COc1ccc(O)cc1.CCCCCCSCC(=O)NNC(=O)COc1ccc(O)cc1. The smallest absolute Gasteiger partial charge is 0.276 e. The predicted octanol–water partition coefficient (Wildman–Crippen LogP) is 6.03. The summed E-state index contributed by atoms with van der Waals surface area (Å²) >= 11 is 1.56. The van der Waals surface area contributed by atoms with Gasteiger partial charge in [-0.1, -0.05) is 71.6 Å². The molecule has 0 radical (unpaired) electrons. The first kappa shape index (κ1) is 58.4. The quantitative estimate of drug-likeness (QED) is 0.0283. The van der Waals surface area contributed by atoms with Crippen LogP contribution in [0, 0.1) is 0 Å². The molecule has 19 heteroatoms. The van der Waals surface area contributed by atoms with Crippen LogP contribution in [0.4, 0.5) is 0 Å². The number of ether oxygens (including phenoxy) is 3. The largest absolute Gasteiger partial charge is 0.508 e. The first-order valence-electron chi connectivity index (χ1n) is 21.3. The van der Waals surface area contributed by atoms with E-state index in [0.717, 1.165) is 31.4 Å². The summed E-state index contributed by atoms with van der Waals surface area (Å²) in [5.41, 5.74) is 13.6. The van der Waals surface area contributed by atoms with Crippen LogP contribution in [0.3, 0.4) is 0 Å². The summed E-state index contributed by atoms with van der Waals surface area (Å²) in [6.07, 6.45) is 13.2. The van der Waals surface area contributed by atoms with Gasteiger partial charge in [0.1, 0.15) is 34.5 Å². The zero-order valence-electron chi connectivity index (χ0n) is 37.8. The molecule has 0 spiro atoms. The van der Waals surface area contributed by atoms with Crippen molar-refractivity contribution in [3.63, 3.8) is 0 Å². The van der Waals surface area contributed by atoms with E-state index in [-0.39, 0.29) is 54.8 Å². The monoisotopic (exact) mass is 928 g/mol. The molecule has 18 nitrogen and oxygen atoms in total. The van der Waals surface area contributed by atoms with Gasteiger partial charge in [-0.25, -0.2) is 0 Å². The number of benzene rings is 3. The Hall–Kier alpha value is -6.63. The highest BCUT2D eigenvalue weighted by atomic mass is 32.2. The van der Waals surface area contributed by atoms with Crippen LogP contribution >= 0.6 is 11.8 Å². The second kappa shape index (κ2) is 39.0.